The Morgan fingerprint density at radius 3 is 2.70 bits per heavy atom. The number of anilines is 1. The fraction of sp³-hybridized carbons (Fsp3) is 0.500. The van der Waals surface area contributed by atoms with Crippen molar-refractivity contribution in [1.82, 2.24) is 14.8 Å². The van der Waals surface area contributed by atoms with Crippen molar-refractivity contribution in [2.75, 3.05) is 31.9 Å². The SMILES string of the molecule is CC(C)n1cc(CN2CCNCC2)c2ccc(N)cc21. The van der Waals surface area contributed by atoms with Crippen molar-refractivity contribution in [2.45, 2.75) is 26.4 Å². The Balaban J connectivity index is 1.97. The molecule has 0 unspecified atom stereocenters. The first-order chi connectivity index (χ1) is 9.65. The van der Waals surface area contributed by atoms with E-state index in [2.05, 4.69) is 47.0 Å². The number of nitrogen functional groups attached to an aromatic ring is 1. The van der Waals surface area contributed by atoms with Crippen molar-refractivity contribution in [3.63, 3.8) is 0 Å². The highest BCUT2D eigenvalue weighted by Gasteiger charge is 2.15. The van der Waals surface area contributed by atoms with E-state index in [0.717, 1.165) is 38.4 Å². The molecule has 20 heavy (non-hydrogen) atoms. The topological polar surface area (TPSA) is 46.2 Å². The summed E-state index contributed by atoms with van der Waals surface area (Å²) >= 11 is 0. The Kier molecular flexibility index (Phi) is 3.68. The van der Waals surface area contributed by atoms with Gasteiger partial charge in [0.25, 0.3) is 0 Å². The number of nitrogens with two attached hydrogens (primary N) is 1. The number of fused-ring (bicyclic) bond motifs is 1. The number of rotatable bonds is 3. The summed E-state index contributed by atoms with van der Waals surface area (Å²) in [4.78, 5) is 2.52. The molecular formula is C16H24N4. The van der Waals surface area contributed by atoms with E-state index in [1.165, 1.54) is 16.5 Å². The molecule has 0 aliphatic carbocycles. The largest absolute Gasteiger partial charge is 0.399 e. The second-order valence-electron chi connectivity index (χ2n) is 5.96. The van der Waals surface area contributed by atoms with E-state index in [4.69, 9.17) is 5.73 Å². The normalized spacial score (nSPS) is 17.1. The van der Waals surface area contributed by atoms with Gasteiger partial charge in [-0.1, -0.05) is 6.07 Å². The van der Waals surface area contributed by atoms with E-state index in [9.17, 15) is 0 Å². The molecule has 1 aromatic heterocycles. The van der Waals surface area contributed by atoms with Crippen LogP contribution in [0.1, 0.15) is 25.5 Å². The molecule has 3 N–H and O–H groups in total. The molecule has 0 bridgehead atoms. The summed E-state index contributed by atoms with van der Waals surface area (Å²) < 4.78 is 2.34. The van der Waals surface area contributed by atoms with E-state index in [1.807, 2.05) is 6.07 Å². The monoisotopic (exact) mass is 272 g/mol. The maximum Gasteiger partial charge on any atom is 0.0506 e. The predicted octanol–water partition coefficient (Wildman–Crippen LogP) is 2.21. The van der Waals surface area contributed by atoms with Crippen LogP contribution in [0.15, 0.2) is 24.4 Å². The van der Waals surface area contributed by atoms with Crippen molar-refractivity contribution in [2.24, 2.45) is 0 Å². The lowest BCUT2D eigenvalue weighted by Crippen LogP contribution is -2.42. The maximum atomic E-state index is 5.95. The molecule has 0 radical (unpaired) electrons. The van der Waals surface area contributed by atoms with Crippen molar-refractivity contribution in [3.8, 4) is 0 Å². The van der Waals surface area contributed by atoms with Crippen LogP contribution in [-0.2, 0) is 6.54 Å². The Bertz CT molecular complexity index is 594. The number of piperazine rings is 1. The van der Waals surface area contributed by atoms with Gasteiger partial charge < -0.3 is 15.6 Å². The fourth-order valence-electron chi connectivity index (χ4n) is 3.00. The van der Waals surface area contributed by atoms with Crippen LogP contribution in [0, 0.1) is 0 Å². The highest BCUT2D eigenvalue weighted by atomic mass is 15.2. The Morgan fingerprint density at radius 1 is 1.25 bits per heavy atom. The fourth-order valence-corrected chi connectivity index (χ4v) is 3.00. The molecule has 2 heterocycles. The minimum absolute atomic E-state index is 0.455. The third-order valence-electron chi connectivity index (χ3n) is 4.10. The molecule has 1 fully saturated rings. The molecule has 1 saturated heterocycles. The highest BCUT2D eigenvalue weighted by molar-refractivity contribution is 5.86. The van der Waals surface area contributed by atoms with Crippen molar-refractivity contribution in [3.05, 3.63) is 30.0 Å². The number of hydrogen-bond donors (Lipinski definition) is 2. The van der Waals surface area contributed by atoms with E-state index in [-0.39, 0.29) is 0 Å². The second-order valence-corrected chi connectivity index (χ2v) is 5.96. The van der Waals surface area contributed by atoms with Crippen LogP contribution >= 0.6 is 0 Å². The molecule has 1 aliphatic rings. The number of aromatic nitrogens is 1. The standard InChI is InChI=1S/C16H24N4/c1-12(2)20-11-13(10-19-7-5-18-6-8-19)15-4-3-14(17)9-16(15)20/h3-4,9,11-12,18H,5-8,10,17H2,1-2H3. The summed E-state index contributed by atoms with van der Waals surface area (Å²) in [5.74, 6) is 0. The summed E-state index contributed by atoms with van der Waals surface area (Å²) in [6.07, 6.45) is 2.30. The van der Waals surface area contributed by atoms with E-state index < -0.39 is 0 Å². The summed E-state index contributed by atoms with van der Waals surface area (Å²) in [5.41, 5.74) is 9.46. The van der Waals surface area contributed by atoms with Crippen LogP contribution < -0.4 is 11.1 Å². The van der Waals surface area contributed by atoms with Crippen molar-refractivity contribution < 1.29 is 0 Å². The average Bonchev–Trinajstić information content (AvgIpc) is 2.78. The predicted molar refractivity (Wildman–Crippen MR) is 84.9 cm³/mol. The van der Waals surface area contributed by atoms with Crippen LogP contribution in [0.5, 0.6) is 0 Å². The zero-order valence-corrected chi connectivity index (χ0v) is 12.4. The third-order valence-corrected chi connectivity index (χ3v) is 4.10. The van der Waals surface area contributed by atoms with Gasteiger partial charge in [-0.3, -0.25) is 4.90 Å². The second kappa shape index (κ2) is 5.46. The van der Waals surface area contributed by atoms with Gasteiger partial charge in [0.05, 0.1) is 5.52 Å². The molecule has 0 atom stereocenters. The summed E-state index contributed by atoms with van der Waals surface area (Å²) in [5, 5.41) is 4.74. The van der Waals surface area contributed by atoms with Gasteiger partial charge in [-0.2, -0.15) is 0 Å². The summed E-state index contributed by atoms with van der Waals surface area (Å²) in [6, 6.07) is 6.72. The van der Waals surface area contributed by atoms with Crippen molar-refractivity contribution in [1.29, 1.82) is 0 Å². The zero-order valence-electron chi connectivity index (χ0n) is 12.4. The first-order valence-electron chi connectivity index (χ1n) is 7.47. The summed E-state index contributed by atoms with van der Waals surface area (Å²) in [6.45, 7) is 9.91. The molecule has 108 valence electrons. The zero-order chi connectivity index (χ0) is 14.1. The van der Waals surface area contributed by atoms with Gasteiger partial charge in [0.2, 0.25) is 0 Å². The highest BCUT2D eigenvalue weighted by Crippen LogP contribution is 2.27. The van der Waals surface area contributed by atoms with E-state index in [0.29, 0.717) is 6.04 Å². The number of nitrogens with one attached hydrogen (secondary N) is 1. The molecule has 0 spiro atoms. The van der Waals surface area contributed by atoms with Gasteiger partial charge >= 0.3 is 0 Å². The Morgan fingerprint density at radius 2 is 2.00 bits per heavy atom. The number of hydrogen-bond acceptors (Lipinski definition) is 3. The van der Waals surface area contributed by atoms with Gasteiger partial charge in [-0.15, -0.1) is 0 Å². The molecule has 4 heteroatoms. The van der Waals surface area contributed by atoms with Crippen LogP contribution in [0.25, 0.3) is 10.9 Å². The molecule has 1 aliphatic heterocycles. The average molecular weight is 272 g/mol. The maximum absolute atomic E-state index is 5.95. The number of nitrogens with zero attached hydrogens (tertiary/aromatic N) is 2. The van der Waals surface area contributed by atoms with Gasteiger partial charge in [0.15, 0.2) is 0 Å². The number of benzene rings is 1. The smallest absolute Gasteiger partial charge is 0.0506 e. The Labute approximate surface area is 120 Å². The van der Waals surface area contributed by atoms with Gasteiger partial charge in [0.1, 0.15) is 0 Å². The molecule has 2 aromatic rings. The first kappa shape index (κ1) is 13.5. The van der Waals surface area contributed by atoms with Crippen molar-refractivity contribution >= 4 is 16.6 Å². The summed E-state index contributed by atoms with van der Waals surface area (Å²) in [7, 11) is 0. The quantitative estimate of drug-likeness (QED) is 0.842. The lowest BCUT2D eigenvalue weighted by atomic mass is 10.1. The van der Waals surface area contributed by atoms with E-state index >= 15 is 0 Å². The molecule has 3 rings (SSSR count). The van der Waals surface area contributed by atoms with E-state index in [1.54, 1.807) is 0 Å². The minimum Gasteiger partial charge on any atom is -0.399 e. The molecule has 1 aromatic carbocycles. The first-order valence-corrected chi connectivity index (χ1v) is 7.47. The third kappa shape index (κ3) is 2.53. The van der Waals surface area contributed by atoms with Crippen LogP contribution in [0.3, 0.4) is 0 Å². The minimum atomic E-state index is 0.455. The van der Waals surface area contributed by atoms with Gasteiger partial charge in [-0.05, 0) is 31.5 Å². The molecule has 0 amide bonds. The van der Waals surface area contributed by atoms with Crippen LogP contribution in [0.4, 0.5) is 5.69 Å². The van der Waals surface area contributed by atoms with Gasteiger partial charge in [-0.25, -0.2) is 0 Å². The molecular weight excluding hydrogens is 248 g/mol. The van der Waals surface area contributed by atoms with Crippen LogP contribution in [-0.4, -0.2) is 35.6 Å². The molecule has 0 saturated carbocycles. The Hall–Kier alpha value is -1.52. The lowest BCUT2D eigenvalue weighted by Gasteiger charge is -2.26. The van der Waals surface area contributed by atoms with Crippen LogP contribution in [0.2, 0.25) is 0 Å². The lowest BCUT2D eigenvalue weighted by molar-refractivity contribution is 0.234. The molecule has 4 nitrogen and oxygen atoms in total. The van der Waals surface area contributed by atoms with Gasteiger partial charge in [0, 0.05) is 56.0 Å².